The van der Waals surface area contributed by atoms with Gasteiger partial charge in [-0.25, -0.2) is 4.98 Å². The molecule has 0 radical (unpaired) electrons. The second-order valence-corrected chi connectivity index (χ2v) is 2.07. The van der Waals surface area contributed by atoms with E-state index < -0.39 is 0 Å². The van der Waals surface area contributed by atoms with Crippen molar-refractivity contribution < 1.29 is 4.42 Å². The summed E-state index contributed by atoms with van der Waals surface area (Å²) in [5.74, 6) is 0. The predicted octanol–water partition coefficient (Wildman–Crippen LogP) is 1.61. The molecule has 2 nitrogen and oxygen atoms in total. The molecular formula is C3H3NOS2. The van der Waals surface area contributed by atoms with Crippen molar-refractivity contribution in [1.29, 1.82) is 0 Å². The van der Waals surface area contributed by atoms with Gasteiger partial charge in [-0.3, -0.25) is 0 Å². The van der Waals surface area contributed by atoms with Crippen LogP contribution in [0, 0.1) is 0 Å². The molecule has 0 bridgehead atoms. The smallest absolute Gasteiger partial charge is 0.181 e. The third-order valence-electron chi connectivity index (χ3n) is 0.503. The van der Waals surface area contributed by atoms with E-state index in [4.69, 9.17) is 0 Å². The van der Waals surface area contributed by atoms with E-state index in [9.17, 15) is 0 Å². The first-order valence-electron chi connectivity index (χ1n) is 1.63. The number of hydrogen-bond donors (Lipinski definition) is 1. The molecule has 0 aliphatic rings. The molecule has 0 fully saturated rings. The molecule has 0 aromatic carbocycles. The molecule has 0 atom stereocenters. The van der Waals surface area contributed by atoms with Crippen molar-refractivity contribution in [3.05, 3.63) is 12.7 Å². The van der Waals surface area contributed by atoms with Gasteiger partial charge in [0, 0.05) is 0 Å². The molecule has 4 heteroatoms. The number of thiol groups is 1. The summed E-state index contributed by atoms with van der Waals surface area (Å²) in [6, 6.07) is 0. The van der Waals surface area contributed by atoms with Gasteiger partial charge in [0.25, 0.3) is 0 Å². The Bertz CT molecular complexity index is 127. The molecule has 7 heavy (non-hydrogen) atoms. The molecule has 0 saturated heterocycles. The molecule has 1 aromatic heterocycles. The van der Waals surface area contributed by atoms with Gasteiger partial charge in [-0.15, -0.1) is 11.7 Å². The molecular weight excluding hydrogens is 130 g/mol. The first-order chi connectivity index (χ1) is 3.43. The number of hydrogen-bond acceptors (Lipinski definition) is 4. The zero-order valence-electron chi connectivity index (χ0n) is 3.37. The first-order valence-corrected chi connectivity index (χ1v) is 3.50. The summed E-state index contributed by atoms with van der Waals surface area (Å²) >= 11 is 3.87. The second kappa shape index (κ2) is 2.28. The number of rotatable bonds is 1. The molecule has 0 unspecified atom stereocenters. The van der Waals surface area contributed by atoms with E-state index in [2.05, 4.69) is 21.1 Å². The van der Waals surface area contributed by atoms with Gasteiger partial charge in [0.1, 0.15) is 11.3 Å². The van der Waals surface area contributed by atoms with E-state index in [1.807, 2.05) is 0 Å². The van der Waals surface area contributed by atoms with Gasteiger partial charge in [0.05, 0.1) is 0 Å². The Balaban J connectivity index is 2.76. The van der Waals surface area contributed by atoms with Crippen LogP contribution < -0.4 is 0 Å². The lowest BCUT2D eigenvalue weighted by Gasteiger charge is -1.73. The highest BCUT2D eigenvalue weighted by Gasteiger charge is 1.87. The molecule has 1 rings (SSSR count). The summed E-state index contributed by atoms with van der Waals surface area (Å²) in [7, 11) is 1.27. The van der Waals surface area contributed by atoms with Crippen molar-refractivity contribution in [2.75, 3.05) is 0 Å². The molecule has 0 amide bonds. The van der Waals surface area contributed by atoms with Crippen LogP contribution >= 0.6 is 22.5 Å². The summed E-state index contributed by atoms with van der Waals surface area (Å²) < 4.78 is 4.62. The topological polar surface area (TPSA) is 26.0 Å². The minimum Gasteiger partial charge on any atom is -0.451 e. The average molecular weight is 133 g/mol. The lowest BCUT2D eigenvalue weighted by atomic mass is 11.0. The van der Waals surface area contributed by atoms with Crippen LogP contribution in [-0.4, -0.2) is 4.98 Å². The summed E-state index contributed by atoms with van der Waals surface area (Å²) in [4.78, 5) is 3.75. The normalized spacial score (nSPS) is 9.29. The third-order valence-corrected chi connectivity index (χ3v) is 1.45. The van der Waals surface area contributed by atoms with Crippen LogP contribution in [-0.2, 0) is 0 Å². The predicted molar refractivity (Wildman–Crippen MR) is 31.3 cm³/mol. The number of oxazole rings is 1. The van der Waals surface area contributed by atoms with Crippen LogP contribution in [0.25, 0.3) is 0 Å². The maximum atomic E-state index is 4.62. The van der Waals surface area contributed by atoms with Crippen LogP contribution in [0.3, 0.4) is 0 Å². The minimum atomic E-state index is 0.795. The van der Waals surface area contributed by atoms with E-state index in [-0.39, 0.29) is 0 Å². The highest BCUT2D eigenvalue weighted by atomic mass is 33.1. The molecule has 0 N–H and O–H groups in total. The molecule has 0 spiro atoms. The van der Waals surface area contributed by atoms with Crippen LogP contribution in [0.2, 0.25) is 0 Å². The van der Waals surface area contributed by atoms with Crippen molar-refractivity contribution >= 4 is 22.5 Å². The van der Waals surface area contributed by atoms with Crippen molar-refractivity contribution in [1.82, 2.24) is 4.98 Å². The summed E-state index contributed by atoms with van der Waals surface area (Å²) in [5.41, 5.74) is 0. The van der Waals surface area contributed by atoms with Crippen LogP contribution in [0.5, 0.6) is 0 Å². The van der Waals surface area contributed by atoms with Crippen molar-refractivity contribution in [2.24, 2.45) is 0 Å². The molecule has 1 heterocycles. The summed E-state index contributed by atoms with van der Waals surface area (Å²) in [5, 5.41) is 0.795. The van der Waals surface area contributed by atoms with Crippen molar-refractivity contribution in [3.63, 3.8) is 0 Å². The quantitative estimate of drug-likeness (QED) is 0.465. The van der Waals surface area contributed by atoms with Gasteiger partial charge in [-0.2, -0.15) is 0 Å². The maximum Gasteiger partial charge on any atom is 0.181 e. The Morgan fingerprint density at radius 2 is 2.71 bits per heavy atom. The first kappa shape index (κ1) is 5.05. The Morgan fingerprint density at radius 1 is 1.86 bits per heavy atom. The van der Waals surface area contributed by atoms with Crippen molar-refractivity contribution in [2.45, 2.75) is 5.03 Å². The molecule has 0 aliphatic heterocycles. The highest BCUT2D eigenvalue weighted by Crippen LogP contribution is 2.17. The Morgan fingerprint density at radius 3 is 3.00 bits per heavy atom. The Labute approximate surface area is 50.1 Å². The molecule has 0 saturated carbocycles. The van der Waals surface area contributed by atoms with Gasteiger partial charge in [0.2, 0.25) is 0 Å². The zero-order chi connectivity index (χ0) is 5.11. The van der Waals surface area contributed by atoms with Crippen LogP contribution in [0.15, 0.2) is 22.1 Å². The van der Waals surface area contributed by atoms with Crippen LogP contribution in [0.1, 0.15) is 0 Å². The molecule has 0 aliphatic carbocycles. The van der Waals surface area contributed by atoms with E-state index >= 15 is 0 Å². The summed E-state index contributed by atoms with van der Waals surface area (Å²) in [6.45, 7) is 0. The highest BCUT2D eigenvalue weighted by molar-refractivity contribution is 8.68. The van der Waals surface area contributed by atoms with E-state index in [0.717, 1.165) is 5.03 Å². The van der Waals surface area contributed by atoms with Gasteiger partial charge in [-0.1, -0.05) is 0 Å². The van der Waals surface area contributed by atoms with Crippen molar-refractivity contribution in [3.8, 4) is 0 Å². The summed E-state index contributed by atoms with van der Waals surface area (Å²) in [6.07, 6.45) is 2.91. The third kappa shape index (κ3) is 1.14. The molecule has 38 valence electrons. The lowest BCUT2D eigenvalue weighted by molar-refractivity contribution is 0.555. The van der Waals surface area contributed by atoms with Crippen LogP contribution in [0.4, 0.5) is 0 Å². The van der Waals surface area contributed by atoms with E-state index in [1.54, 1.807) is 0 Å². The lowest BCUT2D eigenvalue weighted by Crippen LogP contribution is -1.56. The van der Waals surface area contributed by atoms with Gasteiger partial charge in [0.15, 0.2) is 6.39 Å². The average Bonchev–Trinajstić information content (AvgIpc) is 2.14. The molecule has 1 aromatic rings. The van der Waals surface area contributed by atoms with Gasteiger partial charge < -0.3 is 4.42 Å². The fourth-order valence-electron chi connectivity index (χ4n) is 0.247. The van der Waals surface area contributed by atoms with Gasteiger partial charge >= 0.3 is 0 Å². The fraction of sp³-hybridized carbons (Fsp3) is 0. The standard InChI is InChI=1S/C3H3NOS2/c6-7-3-1-5-2-4-3/h1-2,6H. The number of aromatic nitrogens is 1. The monoisotopic (exact) mass is 133 g/mol. The largest absolute Gasteiger partial charge is 0.451 e. The Kier molecular flexibility index (Phi) is 1.64. The zero-order valence-corrected chi connectivity index (χ0v) is 5.08. The minimum absolute atomic E-state index is 0.795. The number of nitrogens with zero attached hydrogens (tertiary/aromatic N) is 1. The van der Waals surface area contributed by atoms with Gasteiger partial charge in [-0.05, 0) is 10.8 Å². The second-order valence-electron chi connectivity index (χ2n) is 0.918. The van der Waals surface area contributed by atoms with E-state index in [0.29, 0.717) is 0 Å². The maximum absolute atomic E-state index is 4.62. The fourth-order valence-corrected chi connectivity index (χ4v) is 0.706. The van der Waals surface area contributed by atoms with E-state index in [1.165, 1.54) is 23.5 Å². The SMILES string of the molecule is SSc1cocn1. The Hall–Kier alpha value is -0.0900.